The van der Waals surface area contributed by atoms with Gasteiger partial charge < -0.3 is 9.47 Å². The number of fused-ring (bicyclic) bond motifs is 1. The number of nitro benzene ring substituents is 1. The molecule has 1 atom stereocenters. The first kappa shape index (κ1) is 15.5. The van der Waals surface area contributed by atoms with E-state index in [1.165, 1.54) is 0 Å². The first-order valence-electron chi connectivity index (χ1n) is 7.84. The molecule has 0 saturated carbocycles. The standard InChI is InChI=1S/C16H21N5O2/c1-10(2)15-17-18-16-12(4)19(7-8-20(15)16)13-5-6-14(21(22)23)11(3)9-13/h5-6,9-10,12H,7-8H2,1-4H3. The lowest BCUT2D eigenvalue weighted by molar-refractivity contribution is -0.385. The van der Waals surface area contributed by atoms with Gasteiger partial charge in [0, 0.05) is 36.3 Å². The molecule has 23 heavy (non-hydrogen) atoms. The molecule has 0 spiro atoms. The Morgan fingerprint density at radius 2 is 2.04 bits per heavy atom. The average Bonchev–Trinajstić information content (AvgIpc) is 2.92. The van der Waals surface area contributed by atoms with Gasteiger partial charge in [0.2, 0.25) is 0 Å². The van der Waals surface area contributed by atoms with Gasteiger partial charge in [-0.15, -0.1) is 10.2 Å². The maximum absolute atomic E-state index is 11.0. The zero-order valence-corrected chi connectivity index (χ0v) is 13.9. The molecule has 2 aromatic rings. The largest absolute Gasteiger partial charge is 0.360 e. The zero-order valence-electron chi connectivity index (χ0n) is 13.9. The van der Waals surface area contributed by atoms with E-state index in [1.54, 1.807) is 13.0 Å². The molecular formula is C16H21N5O2. The van der Waals surface area contributed by atoms with Crippen molar-refractivity contribution in [2.75, 3.05) is 11.4 Å². The van der Waals surface area contributed by atoms with Crippen LogP contribution in [0.4, 0.5) is 11.4 Å². The van der Waals surface area contributed by atoms with Gasteiger partial charge in [-0.25, -0.2) is 0 Å². The van der Waals surface area contributed by atoms with Crippen LogP contribution >= 0.6 is 0 Å². The monoisotopic (exact) mass is 315 g/mol. The second-order valence-electron chi connectivity index (χ2n) is 6.32. The molecule has 0 N–H and O–H groups in total. The number of rotatable bonds is 3. The second-order valence-corrected chi connectivity index (χ2v) is 6.32. The van der Waals surface area contributed by atoms with Crippen LogP contribution < -0.4 is 4.90 Å². The summed E-state index contributed by atoms with van der Waals surface area (Å²) in [4.78, 5) is 12.9. The van der Waals surface area contributed by atoms with Gasteiger partial charge in [-0.1, -0.05) is 13.8 Å². The molecule has 1 aromatic carbocycles. The number of anilines is 1. The van der Waals surface area contributed by atoms with Crippen molar-refractivity contribution in [3.8, 4) is 0 Å². The first-order valence-corrected chi connectivity index (χ1v) is 7.84. The highest BCUT2D eigenvalue weighted by Crippen LogP contribution is 2.33. The van der Waals surface area contributed by atoms with Gasteiger partial charge in [-0.2, -0.15) is 0 Å². The SMILES string of the molecule is Cc1cc(N2CCn3c(C(C)C)nnc3C2C)ccc1[N+](=O)[O-]. The summed E-state index contributed by atoms with van der Waals surface area (Å²) in [7, 11) is 0. The van der Waals surface area contributed by atoms with E-state index < -0.39 is 0 Å². The minimum Gasteiger partial charge on any atom is -0.360 e. The van der Waals surface area contributed by atoms with E-state index in [1.807, 2.05) is 12.1 Å². The van der Waals surface area contributed by atoms with Crippen LogP contribution in [0.3, 0.4) is 0 Å². The minimum atomic E-state index is -0.343. The highest BCUT2D eigenvalue weighted by Gasteiger charge is 2.29. The topological polar surface area (TPSA) is 77.1 Å². The molecule has 7 nitrogen and oxygen atoms in total. The van der Waals surface area contributed by atoms with E-state index >= 15 is 0 Å². The van der Waals surface area contributed by atoms with Gasteiger partial charge in [0.05, 0.1) is 11.0 Å². The molecule has 0 aliphatic carbocycles. The molecule has 3 rings (SSSR count). The van der Waals surface area contributed by atoms with Crippen LogP contribution in [0.15, 0.2) is 18.2 Å². The number of nitro groups is 1. The quantitative estimate of drug-likeness (QED) is 0.642. The van der Waals surface area contributed by atoms with Crippen molar-refractivity contribution in [3.63, 3.8) is 0 Å². The number of hydrogen-bond acceptors (Lipinski definition) is 5. The van der Waals surface area contributed by atoms with Crippen LogP contribution in [0, 0.1) is 17.0 Å². The molecule has 1 aliphatic heterocycles. The van der Waals surface area contributed by atoms with Crippen LogP contribution in [-0.4, -0.2) is 26.2 Å². The van der Waals surface area contributed by atoms with Crippen molar-refractivity contribution in [2.24, 2.45) is 0 Å². The molecule has 0 saturated heterocycles. The molecule has 122 valence electrons. The van der Waals surface area contributed by atoms with Gasteiger partial charge in [-0.3, -0.25) is 10.1 Å². The Labute approximate surface area is 135 Å². The van der Waals surface area contributed by atoms with Crippen molar-refractivity contribution >= 4 is 11.4 Å². The molecule has 1 aliphatic rings. The maximum atomic E-state index is 11.0. The van der Waals surface area contributed by atoms with Gasteiger partial charge in [-0.05, 0) is 26.0 Å². The van der Waals surface area contributed by atoms with E-state index in [2.05, 4.69) is 40.4 Å². The Bertz CT molecular complexity index is 753. The number of aromatic nitrogens is 3. The van der Waals surface area contributed by atoms with Crippen LogP contribution in [0.25, 0.3) is 0 Å². The van der Waals surface area contributed by atoms with E-state index in [0.29, 0.717) is 11.5 Å². The van der Waals surface area contributed by atoms with Crippen molar-refractivity contribution in [1.29, 1.82) is 0 Å². The summed E-state index contributed by atoms with van der Waals surface area (Å²) < 4.78 is 2.20. The number of hydrogen-bond donors (Lipinski definition) is 0. The van der Waals surface area contributed by atoms with E-state index in [-0.39, 0.29) is 16.7 Å². The summed E-state index contributed by atoms with van der Waals surface area (Å²) >= 11 is 0. The zero-order chi connectivity index (χ0) is 16.7. The molecule has 1 unspecified atom stereocenters. The Morgan fingerprint density at radius 3 is 2.65 bits per heavy atom. The molecule has 0 bridgehead atoms. The molecule has 0 amide bonds. The Hall–Kier alpha value is -2.44. The van der Waals surface area contributed by atoms with Crippen molar-refractivity contribution in [3.05, 3.63) is 45.5 Å². The second kappa shape index (κ2) is 5.64. The van der Waals surface area contributed by atoms with Gasteiger partial charge in [0.15, 0.2) is 5.82 Å². The van der Waals surface area contributed by atoms with Gasteiger partial charge in [0.1, 0.15) is 5.82 Å². The molecule has 1 aromatic heterocycles. The molecule has 7 heteroatoms. The van der Waals surface area contributed by atoms with E-state index in [4.69, 9.17) is 0 Å². The van der Waals surface area contributed by atoms with Crippen LogP contribution in [0.5, 0.6) is 0 Å². The normalized spacial score (nSPS) is 17.4. The number of aryl methyl sites for hydroxylation is 1. The molecular weight excluding hydrogens is 294 g/mol. The van der Waals surface area contributed by atoms with Crippen molar-refractivity contribution in [2.45, 2.75) is 46.2 Å². The fourth-order valence-electron chi connectivity index (χ4n) is 3.21. The van der Waals surface area contributed by atoms with Gasteiger partial charge in [0.25, 0.3) is 5.69 Å². The highest BCUT2D eigenvalue weighted by atomic mass is 16.6. The summed E-state index contributed by atoms with van der Waals surface area (Å²) in [5.74, 6) is 2.32. The van der Waals surface area contributed by atoms with Crippen LogP contribution in [0.2, 0.25) is 0 Å². The predicted molar refractivity (Wildman–Crippen MR) is 87.7 cm³/mol. The molecule has 2 heterocycles. The third-order valence-corrected chi connectivity index (χ3v) is 4.44. The van der Waals surface area contributed by atoms with Crippen LogP contribution in [-0.2, 0) is 6.54 Å². The maximum Gasteiger partial charge on any atom is 0.272 e. The summed E-state index contributed by atoms with van der Waals surface area (Å²) in [5, 5.41) is 19.7. The van der Waals surface area contributed by atoms with Gasteiger partial charge >= 0.3 is 0 Å². The lowest BCUT2D eigenvalue weighted by Crippen LogP contribution is -2.37. The first-order chi connectivity index (χ1) is 10.9. The fraction of sp³-hybridized carbons (Fsp3) is 0.500. The lowest BCUT2D eigenvalue weighted by atomic mass is 10.1. The molecule has 0 radical (unpaired) electrons. The number of benzene rings is 1. The lowest BCUT2D eigenvalue weighted by Gasteiger charge is -2.36. The fourth-order valence-corrected chi connectivity index (χ4v) is 3.21. The van der Waals surface area contributed by atoms with E-state index in [9.17, 15) is 10.1 Å². The summed E-state index contributed by atoms with van der Waals surface area (Å²) in [6, 6.07) is 5.36. The Kier molecular flexibility index (Phi) is 3.79. The van der Waals surface area contributed by atoms with Crippen LogP contribution in [0.1, 0.15) is 49.9 Å². The third kappa shape index (κ3) is 2.56. The summed E-state index contributed by atoms with van der Waals surface area (Å²) in [5.41, 5.74) is 1.82. The third-order valence-electron chi connectivity index (χ3n) is 4.44. The summed E-state index contributed by atoms with van der Waals surface area (Å²) in [6.07, 6.45) is 0. The average molecular weight is 315 g/mol. The predicted octanol–water partition coefficient (Wildman–Crippen LogP) is 3.20. The highest BCUT2D eigenvalue weighted by molar-refractivity contribution is 5.56. The van der Waals surface area contributed by atoms with Crippen molar-refractivity contribution in [1.82, 2.24) is 14.8 Å². The van der Waals surface area contributed by atoms with E-state index in [0.717, 1.165) is 30.4 Å². The number of nitrogens with zero attached hydrogens (tertiary/aromatic N) is 5. The minimum absolute atomic E-state index is 0.0876. The smallest absolute Gasteiger partial charge is 0.272 e. The molecule has 0 fully saturated rings. The summed E-state index contributed by atoms with van der Waals surface area (Å²) in [6.45, 7) is 9.78. The van der Waals surface area contributed by atoms with Crippen molar-refractivity contribution < 1.29 is 4.92 Å². The Balaban J connectivity index is 1.93. The Morgan fingerprint density at radius 1 is 1.30 bits per heavy atom.